The van der Waals surface area contributed by atoms with E-state index in [9.17, 15) is 4.79 Å². The van der Waals surface area contributed by atoms with E-state index in [4.69, 9.17) is 43.1 Å². The number of carbonyl (C=O) groups excluding carboxylic acids is 1. The first-order valence-electron chi connectivity index (χ1n) is 23.6. The zero-order valence-electron chi connectivity index (χ0n) is 40.3. The van der Waals surface area contributed by atoms with Crippen LogP contribution in [0.4, 0.5) is 5.82 Å². The van der Waals surface area contributed by atoms with Crippen molar-refractivity contribution >= 4 is 22.9 Å². The van der Waals surface area contributed by atoms with Gasteiger partial charge in [-0.15, -0.1) is 0 Å². The van der Waals surface area contributed by atoms with E-state index in [1.165, 1.54) is 6.33 Å². The molecule has 0 bridgehead atoms. The van der Waals surface area contributed by atoms with E-state index in [1.54, 1.807) is 46.9 Å². The van der Waals surface area contributed by atoms with Gasteiger partial charge in [0.25, 0.3) is 5.91 Å². The van der Waals surface area contributed by atoms with Crippen molar-refractivity contribution in [3.05, 3.63) is 240 Å². The molecule has 0 saturated carbocycles. The fourth-order valence-corrected chi connectivity index (χ4v) is 9.61. The van der Waals surface area contributed by atoms with Gasteiger partial charge in [0.15, 0.2) is 17.0 Å². The lowest BCUT2D eigenvalue weighted by Crippen LogP contribution is -2.43. The Morgan fingerprint density at radius 3 is 1.46 bits per heavy atom. The average molecular weight is 960 g/mol. The predicted octanol–water partition coefficient (Wildman–Crippen LogP) is 10.8. The van der Waals surface area contributed by atoms with Crippen LogP contribution in [0.2, 0.25) is 0 Å². The van der Waals surface area contributed by atoms with Gasteiger partial charge in [-0.25, -0.2) is 15.0 Å². The Morgan fingerprint density at radius 2 is 0.986 bits per heavy atom. The first-order chi connectivity index (χ1) is 35.4. The molecule has 3 atom stereocenters. The molecule has 1 saturated heterocycles. The van der Waals surface area contributed by atoms with Crippen molar-refractivity contribution in [3.8, 4) is 23.0 Å². The van der Waals surface area contributed by atoms with E-state index < -0.39 is 29.6 Å². The van der Waals surface area contributed by atoms with E-state index in [-0.39, 0.29) is 18.3 Å². The van der Waals surface area contributed by atoms with Gasteiger partial charge in [-0.2, -0.15) is 0 Å². The number of ether oxygens (including phenoxy) is 7. The molecular formula is C59H53N5O8. The van der Waals surface area contributed by atoms with Crippen molar-refractivity contribution in [2.75, 3.05) is 40.4 Å². The summed E-state index contributed by atoms with van der Waals surface area (Å²) < 4.78 is 47.2. The van der Waals surface area contributed by atoms with Gasteiger partial charge in [-0.3, -0.25) is 9.36 Å². The second kappa shape index (κ2) is 20.9. The number of aromatic nitrogens is 4. The van der Waals surface area contributed by atoms with Gasteiger partial charge in [0.05, 0.1) is 47.5 Å². The molecule has 7 aromatic carbocycles. The summed E-state index contributed by atoms with van der Waals surface area (Å²) in [5, 5.41) is 2.94. The fraction of sp³-hybridized carbons (Fsp3) is 0.186. The standard InChI is InChI=1S/C59H53N5O8/c1-66-47-28-20-43(21-29-47)58(41-16-10-6-11-17-41,44-22-30-48(67-2)31-23-44)70-37-52-51(36-53(71-52)64-39-62-54-55(60-38-61-56(54)64)63-57(65)40-14-8-5-9-15-40)72-59(42-18-12-7-13-19-42,45-24-32-49(68-3)33-25-45)46-26-34-50(69-4)35-27-46/h5-35,38-39,51-53H,36-37H2,1-4H3,(H,60,61,63,65)/t51-,52+,53+/m0/s1. The fourth-order valence-electron chi connectivity index (χ4n) is 9.61. The number of rotatable bonds is 18. The molecule has 0 radical (unpaired) electrons. The Labute approximate surface area is 417 Å². The summed E-state index contributed by atoms with van der Waals surface area (Å²) in [6.45, 7) is 0.0458. The zero-order valence-corrected chi connectivity index (χ0v) is 40.3. The molecule has 9 aromatic rings. The molecule has 1 aliphatic heterocycles. The minimum atomic E-state index is -1.21. The van der Waals surface area contributed by atoms with Gasteiger partial charge < -0.3 is 38.5 Å². The molecule has 0 unspecified atom stereocenters. The molecule has 3 heterocycles. The number of hydrogen-bond donors (Lipinski definition) is 1. The van der Waals surface area contributed by atoms with Crippen molar-refractivity contribution in [2.24, 2.45) is 0 Å². The zero-order chi connectivity index (χ0) is 49.5. The van der Waals surface area contributed by atoms with Crippen molar-refractivity contribution in [1.29, 1.82) is 0 Å². The van der Waals surface area contributed by atoms with Crippen LogP contribution in [0.15, 0.2) is 201 Å². The SMILES string of the molecule is COc1ccc(C(OC[C@H]2O[C@@H](n3cnc4c(NC(=O)c5ccccc5)ncnc43)C[C@@H]2OC(c2ccccc2)(c2ccc(OC)cc2)c2ccc(OC)cc2)(c2ccccc2)c2ccc(OC)cc2)cc1. The molecular weight excluding hydrogens is 907 g/mol. The number of amides is 1. The monoisotopic (exact) mass is 959 g/mol. The Kier molecular flexibility index (Phi) is 13.8. The van der Waals surface area contributed by atoms with Crippen molar-refractivity contribution < 1.29 is 38.0 Å². The highest BCUT2D eigenvalue weighted by molar-refractivity contribution is 6.06. The minimum absolute atomic E-state index is 0.0458. The number of imidazole rings is 1. The lowest BCUT2D eigenvalue weighted by Gasteiger charge is -2.40. The molecule has 2 aromatic heterocycles. The maximum atomic E-state index is 13.4. The van der Waals surface area contributed by atoms with Crippen LogP contribution in [0, 0.1) is 0 Å². The van der Waals surface area contributed by atoms with Crippen LogP contribution in [0.1, 0.15) is 56.4 Å². The molecule has 72 heavy (non-hydrogen) atoms. The summed E-state index contributed by atoms with van der Waals surface area (Å²) in [7, 11) is 6.60. The van der Waals surface area contributed by atoms with E-state index >= 15 is 0 Å². The second-order valence-electron chi connectivity index (χ2n) is 17.2. The van der Waals surface area contributed by atoms with Crippen LogP contribution < -0.4 is 24.3 Å². The van der Waals surface area contributed by atoms with E-state index in [0.717, 1.165) is 33.4 Å². The third kappa shape index (κ3) is 9.12. The third-order valence-electron chi connectivity index (χ3n) is 13.3. The van der Waals surface area contributed by atoms with Crippen LogP contribution in [0.5, 0.6) is 23.0 Å². The Balaban J connectivity index is 1.12. The predicted molar refractivity (Wildman–Crippen MR) is 274 cm³/mol. The first-order valence-corrected chi connectivity index (χ1v) is 23.6. The highest BCUT2D eigenvalue weighted by Gasteiger charge is 2.48. The molecule has 1 fully saturated rings. The van der Waals surface area contributed by atoms with Gasteiger partial charge >= 0.3 is 0 Å². The molecule has 362 valence electrons. The quantitative estimate of drug-likeness (QED) is 0.0823. The molecule has 10 rings (SSSR count). The highest BCUT2D eigenvalue weighted by Crippen LogP contribution is 2.48. The lowest BCUT2D eigenvalue weighted by molar-refractivity contribution is -0.125. The van der Waals surface area contributed by atoms with E-state index in [1.807, 2.05) is 156 Å². The molecule has 13 heteroatoms. The van der Waals surface area contributed by atoms with E-state index in [2.05, 4.69) is 34.6 Å². The molecule has 0 spiro atoms. The first kappa shape index (κ1) is 47.3. The molecule has 1 aliphatic rings. The lowest BCUT2D eigenvalue weighted by atomic mass is 9.79. The Morgan fingerprint density at radius 1 is 0.556 bits per heavy atom. The summed E-state index contributed by atoms with van der Waals surface area (Å²) in [5.41, 5.74) is 4.20. The van der Waals surface area contributed by atoms with Gasteiger partial charge in [0.1, 0.15) is 52.9 Å². The summed E-state index contributed by atoms with van der Waals surface area (Å²) in [4.78, 5) is 27.3. The summed E-state index contributed by atoms with van der Waals surface area (Å²) in [5.74, 6) is 2.77. The smallest absolute Gasteiger partial charge is 0.256 e. The summed E-state index contributed by atoms with van der Waals surface area (Å²) in [6, 6.07) is 61.1. The van der Waals surface area contributed by atoms with Crippen LogP contribution in [0.25, 0.3) is 11.2 Å². The maximum Gasteiger partial charge on any atom is 0.256 e. The average Bonchev–Trinajstić information content (AvgIpc) is 4.08. The minimum Gasteiger partial charge on any atom is -0.497 e. The number of anilines is 1. The van der Waals surface area contributed by atoms with Gasteiger partial charge in [-0.1, -0.05) is 127 Å². The molecule has 0 aliphatic carbocycles. The van der Waals surface area contributed by atoms with Gasteiger partial charge in [0.2, 0.25) is 0 Å². The molecule has 1 amide bonds. The number of methoxy groups -OCH3 is 4. The number of fused-ring (bicyclic) bond motifs is 1. The topological polar surface area (TPSA) is 137 Å². The Bertz CT molecular complexity index is 3120. The van der Waals surface area contributed by atoms with Crippen LogP contribution in [-0.2, 0) is 25.4 Å². The van der Waals surface area contributed by atoms with Gasteiger partial charge in [-0.05, 0) is 94.0 Å². The number of hydrogen-bond acceptors (Lipinski definition) is 11. The van der Waals surface area contributed by atoms with Crippen molar-refractivity contribution in [1.82, 2.24) is 19.5 Å². The van der Waals surface area contributed by atoms with Crippen LogP contribution in [0.3, 0.4) is 0 Å². The van der Waals surface area contributed by atoms with Crippen LogP contribution in [-0.4, -0.2) is 72.7 Å². The molecule has 13 nitrogen and oxygen atoms in total. The number of benzene rings is 7. The van der Waals surface area contributed by atoms with Crippen molar-refractivity contribution in [2.45, 2.75) is 36.1 Å². The van der Waals surface area contributed by atoms with Crippen molar-refractivity contribution in [3.63, 3.8) is 0 Å². The maximum absolute atomic E-state index is 13.4. The number of carbonyl (C=O) groups is 1. The second-order valence-corrected chi connectivity index (χ2v) is 17.2. The summed E-state index contributed by atoms with van der Waals surface area (Å²) in [6.07, 6.45) is 1.37. The van der Waals surface area contributed by atoms with Gasteiger partial charge in [0, 0.05) is 12.0 Å². The normalized spacial score (nSPS) is 15.8. The number of nitrogens with zero attached hydrogens (tertiary/aromatic N) is 4. The largest absolute Gasteiger partial charge is 0.497 e. The molecule has 1 N–H and O–H groups in total. The number of nitrogens with one attached hydrogen (secondary N) is 1. The van der Waals surface area contributed by atoms with Crippen LogP contribution >= 0.6 is 0 Å². The highest BCUT2D eigenvalue weighted by atomic mass is 16.6. The van der Waals surface area contributed by atoms with E-state index in [0.29, 0.717) is 46.1 Å². The summed E-state index contributed by atoms with van der Waals surface area (Å²) >= 11 is 0. The third-order valence-corrected chi connectivity index (χ3v) is 13.3. The Hall–Kier alpha value is -8.36.